The molecule has 0 unspecified atom stereocenters. The summed E-state index contributed by atoms with van der Waals surface area (Å²) in [6.45, 7) is 5.55. The Morgan fingerprint density at radius 2 is 1.18 bits per heavy atom. The number of hydrogen-bond acceptors (Lipinski definition) is 0. The van der Waals surface area contributed by atoms with Gasteiger partial charge < -0.3 is 0 Å². The molecule has 0 aromatic carbocycles. The van der Waals surface area contributed by atoms with Gasteiger partial charge in [-0.15, -0.1) is 0 Å². The average Bonchev–Trinajstić information content (AvgIpc) is 2.03. The first-order valence-electron chi connectivity index (χ1n) is 3.65. The maximum atomic E-state index is 3.56. The zero-order valence-electron chi connectivity index (χ0n) is 6.90. The third kappa shape index (κ3) is 8.70. The van der Waals surface area contributed by atoms with Crippen LogP contribution in [-0.4, -0.2) is 0 Å². The second-order valence-electron chi connectivity index (χ2n) is 1.92. The molecule has 0 aromatic rings. The lowest BCUT2D eigenvalue weighted by atomic mass is 10.4. The van der Waals surface area contributed by atoms with E-state index in [1.165, 1.54) is 0 Å². The van der Waals surface area contributed by atoms with Crippen molar-refractivity contribution in [3.63, 3.8) is 0 Å². The third-order valence-corrected chi connectivity index (χ3v) is 0.995. The van der Waals surface area contributed by atoms with Crippen molar-refractivity contribution >= 4 is 0 Å². The summed E-state index contributed by atoms with van der Waals surface area (Å²) in [5, 5.41) is 0. The van der Waals surface area contributed by atoms with Crippen molar-refractivity contribution in [3.05, 3.63) is 61.3 Å². The van der Waals surface area contributed by atoms with Crippen molar-refractivity contribution in [3.8, 4) is 0 Å². The fraction of sp³-hybridized carbons (Fsp3) is 0.0909. The first-order chi connectivity index (χ1) is 5.41. The van der Waals surface area contributed by atoms with Crippen molar-refractivity contribution in [1.29, 1.82) is 0 Å². The number of rotatable bonds is 4. The maximum Gasteiger partial charge on any atom is -0.0467 e. The summed E-state index contributed by atoms with van der Waals surface area (Å²) < 4.78 is 0. The van der Waals surface area contributed by atoms with Gasteiger partial charge in [-0.1, -0.05) is 61.3 Å². The van der Waals surface area contributed by atoms with Crippen LogP contribution < -0.4 is 0 Å². The summed E-state index contributed by atoms with van der Waals surface area (Å²) in [5.41, 5.74) is 0. The zero-order chi connectivity index (χ0) is 8.36. The highest BCUT2D eigenvalue weighted by molar-refractivity contribution is 5.16. The minimum atomic E-state index is 1.75. The molecule has 0 saturated heterocycles. The van der Waals surface area contributed by atoms with Gasteiger partial charge in [0.2, 0.25) is 0 Å². The monoisotopic (exact) mass is 146 g/mol. The Morgan fingerprint density at radius 1 is 0.727 bits per heavy atom. The Balaban J connectivity index is 3.59. The molecule has 0 bridgehead atoms. The molecule has 0 atom stereocenters. The van der Waals surface area contributed by atoms with Crippen LogP contribution >= 0.6 is 0 Å². The smallest absolute Gasteiger partial charge is 0.0467 e. The molecule has 58 valence electrons. The van der Waals surface area contributed by atoms with E-state index in [2.05, 4.69) is 6.58 Å². The average molecular weight is 146 g/mol. The van der Waals surface area contributed by atoms with Gasteiger partial charge in [-0.3, -0.25) is 0 Å². The molecule has 0 heterocycles. The lowest BCUT2D eigenvalue weighted by Gasteiger charge is -1.71. The second-order valence-corrected chi connectivity index (χ2v) is 1.92. The lowest BCUT2D eigenvalue weighted by Crippen LogP contribution is -1.49. The summed E-state index contributed by atoms with van der Waals surface area (Å²) in [4.78, 5) is 0. The van der Waals surface area contributed by atoms with Gasteiger partial charge in [-0.2, -0.15) is 0 Å². The summed E-state index contributed by atoms with van der Waals surface area (Å²) in [7, 11) is 0. The second kappa shape index (κ2) is 8.70. The van der Waals surface area contributed by atoms with E-state index in [0.717, 1.165) is 0 Å². The molecule has 0 aliphatic carbocycles. The van der Waals surface area contributed by atoms with Crippen LogP contribution in [0.15, 0.2) is 61.3 Å². The highest BCUT2D eigenvalue weighted by Gasteiger charge is 1.59. The van der Waals surface area contributed by atoms with Gasteiger partial charge in [0.15, 0.2) is 0 Å². The topological polar surface area (TPSA) is 0 Å². The van der Waals surface area contributed by atoms with Crippen LogP contribution in [-0.2, 0) is 0 Å². The summed E-state index contributed by atoms with van der Waals surface area (Å²) >= 11 is 0. The molecule has 0 heteroatoms. The molecule has 0 saturated carbocycles. The molecule has 0 amide bonds. The largest absolute Gasteiger partial charge is 0.0991 e. The third-order valence-electron chi connectivity index (χ3n) is 0.995. The van der Waals surface area contributed by atoms with Crippen LogP contribution in [0.3, 0.4) is 0 Å². The van der Waals surface area contributed by atoms with Crippen LogP contribution in [0, 0.1) is 0 Å². The van der Waals surface area contributed by atoms with Crippen molar-refractivity contribution in [1.82, 2.24) is 0 Å². The lowest BCUT2D eigenvalue weighted by molar-refractivity contribution is 1.73. The van der Waals surface area contributed by atoms with E-state index in [0.29, 0.717) is 0 Å². The van der Waals surface area contributed by atoms with Crippen LogP contribution in [0.2, 0.25) is 0 Å². The summed E-state index contributed by atoms with van der Waals surface area (Å²) in [6, 6.07) is 0. The first-order valence-corrected chi connectivity index (χ1v) is 3.65. The van der Waals surface area contributed by atoms with E-state index in [1.807, 2.05) is 55.5 Å². The standard InChI is InChI=1S/C11H14/c1-3-5-7-9-11-10-8-6-4-2/h3-11H,1H2,2H3/b6-4-,7-5+,10-8+,11-9-. The van der Waals surface area contributed by atoms with Crippen LogP contribution in [0.4, 0.5) is 0 Å². The Labute approximate surface area is 68.9 Å². The SMILES string of the molecule is C=C/C=C/C=C\C=C\C=C/C. The fourth-order valence-corrected chi connectivity index (χ4v) is 0.510. The van der Waals surface area contributed by atoms with Crippen LogP contribution in [0.1, 0.15) is 6.92 Å². The molecule has 0 radical (unpaired) electrons. The maximum absolute atomic E-state index is 3.56. The normalized spacial score (nSPS) is 12.8. The van der Waals surface area contributed by atoms with E-state index in [1.54, 1.807) is 6.08 Å². The van der Waals surface area contributed by atoms with Gasteiger partial charge in [0.25, 0.3) is 0 Å². The van der Waals surface area contributed by atoms with E-state index in [4.69, 9.17) is 0 Å². The van der Waals surface area contributed by atoms with Gasteiger partial charge >= 0.3 is 0 Å². The van der Waals surface area contributed by atoms with Crippen molar-refractivity contribution in [2.75, 3.05) is 0 Å². The molecule has 0 N–H and O–H groups in total. The van der Waals surface area contributed by atoms with E-state index in [9.17, 15) is 0 Å². The summed E-state index contributed by atoms with van der Waals surface area (Å²) in [6.07, 6.45) is 17.5. The van der Waals surface area contributed by atoms with Crippen LogP contribution in [0.5, 0.6) is 0 Å². The van der Waals surface area contributed by atoms with E-state index >= 15 is 0 Å². The van der Waals surface area contributed by atoms with E-state index in [-0.39, 0.29) is 0 Å². The van der Waals surface area contributed by atoms with Crippen molar-refractivity contribution in [2.24, 2.45) is 0 Å². The molecule has 0 fully saturated rings. The molecule has 0 aromatic heterocycles. The fourth-order valence-electron chi connectivity index (χ4n) is 0.510. The number of allylic oxidation sites excluding steroid dienone is 9. The number of hydrogen-bond donors (Lipinski definition) is 0. The molecule has 0 aliphatic rings. The van der Waals surface area contributed by atoms with Gasteiger partial charge in [-0.25, -0.2) is 0 Å². The zero-order valence-corrected chi connectivity index (χ0v) is 6.90. The molecular weight excluding hydrogens is 132 g/mol. The first kappa shape index (κ1) is 9.70. The Hall–Kier alpha value is -1.30. The quantitative estimate of drug-likeness (QED) is 0.533. The minimum absolute atomic E-state index is 1.75. The highest BCUT2D eigenvalue weighted by Crippen LogP contribution is 1.81. The predicted octanol–water partition coefficient (Wildman–Crippen LogP) is 3.42. The summed E-state index contributed by atoms with van der Waals surface area (Å²) in [5.74, 6) is 0. The van der Waals surface area contributed by atoms with Gasteiger partial charge in [0.05, 0.1) is 0 Å². The minimum Gasteiger partial charge on any atom is -0.0991 e. The van der Waals surface area contributed by atoms with Crippen molar-refractivity contribution in [2.45, 2.75) is 6.92 Å². The van der Waals surface area contributed by atoms with Gasteiger partial charge in [0.1, 0.15) is 0 Å². The molecule has 0 rings (SSSR count). The van der Waals surface area contributed by atoms with Crippen LogP contribution in [0.25, 0.3) is 0 Å². The molecular formula is C11H14. The highest BCUT2D eigenvalue weighted by atomic mass is 13.7. The van der Waals surface area contributed by atoms with Crippen molar-refractivity contribution < 1.29 is 0 Å². The molecule has 0 spiro atoms. The Bertz CT molecular complexity index is 190. The molecule has 11 heavy (non-hydrogen) atoms. The predicted molar refractivity (Wildman–Crippen MR) is 52.4 cm³/mol. The molecule has 0 aliphatic heterocycles. The van der Waals surface area contributed by atoms with Gasteiger partial charge in [0, 0.05) is 0 Å². The Kier molecular flexibility index (Phi) is 7.67. The van der Waals surface area contributed by atoms with E-state index < -0.39 is 0 Å². The Morgan fingerprint density at radius 3 is 1.64 bits per heavy atom. The van der Waals surface area contributed by atoms with Gasteiger partial charge in [-0.05, 0) is 6.92 Å². The molecule has 0 nitrogen and oxygen atoms in total.